The van der Waals surface area contributed by atoms with Gasteiger partial charge in [-0.15, -0.1) is 11.3 Å². The molecule has 2 aromatic rings. The summed E-state index contributed by atoms with van der Waals surface area (Å²) in [6.45, 7) is -0.861. The molecule has 1 amide bonds. The summed E-state index contributed by atoms with van der Waals surface area (Å²) < 4.78 is 48.4. The van der Waals surface area contributed by atoms with Crippen LogP contribution in [0.2, 0.25) is 0 Å². The number of aromatic carboxylic acids is 1. The fraction of sp³-hybridized carbons (Fsp3) is 0.316. The van der Waals surface area contributed by atoms with E-state index < -0.39 is 45.7 Å². The molecule has 1 aromatic carbocycles. The van der Waals surface area contributed by atoms with Crippen molar-refractivity contribution in [3.63, 3.8) is 0 Å². The molecule has 4 rings (SSSR count). The van der Waals surface area contributed by atoms with Gasteiger partial charge in [0.15, 0.2) is 6.61 Å². The summed E-state index contributed by atoms with van der Waals surface area (Å²) in [5.41, 5.74) is -2.74. The van der Waals surface area contributed by atoms with Crippen LogP contribution in [0.1, 0.15) is 26.7 Å². The minimum absolute atomic E-state index is 0.0302. The molecule has 1 unspecified atom stereocenters. The summed E-state index contributed by atoms with van der Waals surface area (Å²) in [6, 6.07) is 1.90. The molecule has 1 aromatic heterocycles. The number of nitrogens with zero attached hydrogens (tertiary/aromatic N) is 2. The lowest BCUT2D eigenvalue weighted by atomic mass is 10.0. The number of carboxylic acids is 1. The Morgan fingerprint density at radius 3 is 2.80 bits per heavy atom. The second-order valence-corrected chi connectivity index (χ2v) is 7.89. The lowest BCUT2D eigenvalue weighted by Gasteiger charge is -2.13. The zero-order chi connectivity index (χ0) is 21.8. The normalized spacial score (nSPS) is 21.8. The van der Waals surface area contributed by atoms with Crippen LogP contribution in [0.25, 0.3) is 11.3 Å². The van der Waals surface area contributed by atoms with E-state index in [1.165, 1.54) is 11.9 Å². The van der Waals surface area contributed by atoms with Gasteiger partial charge in [0.05, 0.1) is 11.3 Å². The highest BCUT2D eigenvalue weighted by atomic mass is 32.1. The second kappa shape index (κ2) is 6.72. The Bertz CT molecular complexity index is 1150. The van der Waals surface area contributed by atoms with E-state index in [2.05, 4.69) is 16.8 Å². The van der Waals surface area contributed by atoms with Gasteiger partial charge in [-0.3, -0.25) is 4.79 Å². The predicted molar refractivity (Wildman–Crippen MR) is 95.3 cm³/mol. The quantitative estimate of drug-likeness (QED) is 0.661. The largest absolute Gasteiger partial charge is 0.542 e. The fourth-order valence-corrected chi connectivity index (χ4v) is 4.04. The SMILES string of the molecule is CN1CCC(O)(C#Cc2cc3c(cc2F)OCC(F)(F)c2sc(C(=O)[O-])nc2-3)C1=O. The third-order valence-electron chi connectivity index (χ3n) is 4.78. The van der Waals surface area contributed by atoms with E-state index in [4.69, 9.17) is 4.74 Å². The number of amides is 1. The van der Waals surface area contributed by atoms with E-state index in [0.29, 0.717) is 0 Å². The first kappa shape index (κ1) is 20.2. The molecule has 3 heterocycles. The average Bonchev–Trinajstić information content (AvgIpc) is 3.22. The number of halogens is 3. The van der Waals surface area contributed by atoms with Crippen LogP contribution < -0.4 is 9.84 Å². The van der Waals surface area contributed by atoms with E-state index in [1.807, 2.05) is 0 Å². The third-order valence-corrected chi connectivity index (χ3v) is 5.93. The Labute approximate surface area is 171 Å². The van der Waals surface area contributed by atoms with Gasteiger partial charge < -0.3 is 24.6 Å². The van der Waals surface area contributed by atoms with Crippen LogP contribution in [0.15, 0.2) is 12.1 Å². The molecule has 30 heavy (non-hydrogen) atoms. The van der Waals surface area contributed by atoms with Crippen LogP contribution in [0.3, 0.4) is 0 Å². The maximum atomic E-state index is 14.5. The van der Waals surface area contributed by atoms with Crippen LogP contribution in [0, 0.1) is 17.7 Å². The highest BCUT2D eigenvalue weighted by Gasteiger charge is 2.43. The van der Waals surface area contributed by atoms with Gasteiger partial charge in [0.25, 0.3) is 5.91 Å². The smallest absolute Gasteiger partial charge is 0.317 e. The van der Waals surface area contributed by atoms with Crippen LogP contribution in [-0.4, -0.2) is 52.7 Å². The number of fused-ring (bicyclic) bond motifs is 3. The number of rotatable bonds is 1. The van der Waals surface area contributed by atoms with Gasteiger partial charge in [-0.1, -0.05) is 11.8 Å². The van der Waals surface area contributed by atoms with Gasteiger partial charge in [0.2, 0.25) is 5.60 Å². The Hall–Kier alpha value is -3.10. The first-order chi connectivity index (χ1) is 14.0. The van der Waals surface area contributed by atoms with Gasteiger partial charge in [0.1, 0.15) is 27.4 Å². The van der Waals surface area contributed by atoms with Crippen molar-refractivity contribution in [3.8, 4) is 28.8 Å². The maximum absolute atomic E-state index is 14.5. The number of alkyl halides is 2. The molecule has 1 N–H and O–H groups in total. The summed E-state index contributed by atoms with van der Waals surface area (Å²) >= 11 is 0.248. The van der Waals surface area contributed by atoms with Crippen molar-refractivity contribution >= 4 is 23.2 Å². The van der Waals surface area contributed by atoms with Crippen LogP contribution in [-0.2, 0) is 10.7 Å². The molecule has 1 atom stereocenters. The molecule has 0 radical (unpaired) electrons. The Morgan fingerprint density at radius 1 is 1.43 bits per heavy atom. The molecule has 0 spiro atoms. The number of carboxylic acid groups (broad SMARTS) is 1. The topological polar surface area (TPSA) is 103 Å². The minimum atomic E-state index is -3.56. The van der Waals surface area contributed by atoms with Crippen LogP contribution >= 0.6 is 11.3 Å². The van der Waals surface area contributed by atoms with Crippen molar-refractivity contribution in [2.75, 3.05) is 20.2 Å². The molecule has 7 nitrogen and oxygen atoms in total. The van der Waals surface area contributed by atoms with Crippen LogP contribution in [0.5, 0.6) is 5.75 Å². The summed E-state index contributed by atoms with van der Waals surface area (Å²) in [5, 5.41) is 20.8. The van der Waals surface area contributed by atoms with E-state index in [-0.39, 0.29) is 46.9 Å². The van der Waals surface area contributed by atoms with Crippen molar-refractivity contribution in [1.29, 1.82) is 0 Å². The predicted octanol–water partition coefficient (Wildman–Crippen LogP) is 0.742. The number of aromatic nitrogens is 1. The molecule has 0 aliphatic carbocycles. The average molecular weight is 437 g/mol. The van der Waals surface area contributed by atoms with Crippen molar-refractivity contribution in [2.24, 2.45) is 0 Å². The number of likely N-dealkylation sites (N-methyl/N-ethyl adjacent to an activating group) is 1. The van der Waals surface area contributed by atoms with Crippen molar-refractivity contribution in [3.05, 3.63) is 33.4 Å². The standard InChI is InChI=1S/C19H13F3N2O5S/c1-24-5-4-18(28,17(24)27)3-2-9-6-10-12(7-11(9)20)29-8-19(21,22)14-13(10)23-15(30-14)16(25)26/h6-7,28H,4-5,8H2,1H3,(H,25,26)/p-1. The van der Waals surface area contributed by atoms with E-state index in [9.17, 15) is 33.0 Å². The Morgan fingerprint density at radius 2 is 2.17 bits per heavy atom. The number of hydrogen-bond donors (Lipinski definition) is 1. The number of likely N-dealkylation sites (tertiary alicyclic amines) is 1. The monoisotopic (exact) mass is 437 g/mol. The molecular weight excluding hydrogens is 425 g/mol. The van der Waals surface area contributed by atoms with Crippen molar-refractivity contribution in [2.45, 2.75) is 17.9 Å². The summed E-state index contributed by atoms with van der Waals surface area (Å²) in [5.74, 6) is -2.37. The first-order valence-electron chi connectivity index (χ1n) is 8.60. The number of benzene rings is 1. The van der Waals surface area contributed by atoms with Gasteiger partial charge in [0, 0.05) is 31.6 Å². The molecular formula is C19H12F3N2O5S-. The molecule has 156 valence electrons. The third kappa shape index (κ3) is 3.18. The van der Waals surface area contributed by atoms with Gasteiger partial charge >= 0.3 is 5.92 Å². The molecule has 1 saturated heterocycles. The Kier molecular flexibility index (Phi) is 4.52. The zero-order valence-corrected chi connectivity index (χ0v) is 16.1. The van der Waals surface area contributed by atoms with E-state index in [1.54, 1.807) is 0 Å². The summed E-state index contributed by atoms with van der Waals surface area (Å²) in [4.78, 5) is 27.5. The summed E-state index contributed by atoms with van der Waals surface area (Å²) in [7, 11) is 1.49. The second-order valence-electron chi connectivity index (χ2n) is 6.89. The number of hydrogen-bond acceptors (Lipinski definition) is 7. The highest BCUT2D eigenvalue weighted by molar-refractivity contribution is 7.14. The molecule has 2 aliphatic heterocycles. The molecule has 11 heteroatoms. The Balaban J connectivity index is 1.84. The molecule has 1 fully saturated rings. The number of thiazole rings is 1. The highest BCUT2D eigenvalue weighted by Crippen LogP contribution is 2.46. The van der Waals surface area contributed by atoms with E-state index in [0.717, 1.165) is 12.1 Å². The van der Waals surface area contributed by atoms with Gasteiger partial charge in [-0.2, -0.15) is 8.78 Å². The number of aliphatic hydroxyl groups is 1. The minimum Gasteiger partial charge on any atom is -0.542 e. The summed E-state index contributed by atoms with van der Waals surface area (Å²) in [6.07, 6.45) is 0.0302. The maximum Gasteiger partial charge on any atom is 0.317 e. The van der Waals surface area contributed by atoms with Crippen LogP contribution in [0.4, 0.5) is 13.2 Å². The van der Waals surface area contributed by atoms with Crippen molar-refractivity contribution < 1.29 is 37.7 Å². The number of carbonyl (C=O) groups excluding carboxylic acids is 2. The molecule has 2 aliphatic rings. The number of ether oxygens (including phenoxy) is 1. The lowest BCUT2D eigenvalue weighted by Crippen LogP contribution is -2.37. The molecule has 0 saturated carbocycles. The van der Waals surface area contributed by atoms with Gasteiger partial charge in [-0.25, -0.2) is 9.37 Å². The zero-order valence-electron chi connectivity index (χ0n) is 15.3. The first-order valence-corrected chi connectivity index (χ1v) is 9.42. The fourth-order valence-electron chi connectivity index (χ4n) is 3.17. The molecule has 0 bridgehead atoms. The lowest BCUT2D eigenvalue weighted by molar-refractivity contribution is -0.255. The van der Waals surface area contributed by atoms with Gasteiger partial charge in [-0.05, 0) is 6.07 Å². The number of carbonyl (C=O) groups is 2. The van der Waals surface area contributed by atoms with Crippen molar-refractivity contribution in [1.82, 2.24) is 9.88 Å². The van der Waals surface area contributed by atoms with E-state index >= 15 is 0 Å².